The Hall–Kier alpha value is -1.68. The second-order valence-electron chi connectivity index (χ2n) is 5.28. The third-order valence-electron chi connectivity index (χ3n) is 3.72. The van der Waals surface area contributed by atoms with E-state index in [2.05, 4.69) is 66.9 Å². The molecule has 1 heterocycles. The van der Waals surface area contributed by atoms with Gasteiger partial charge in [0.05, 0.1) is 6.04 Å². The highest BCUT2D eigenvalue weighted by molar-refractivity contribution is 7.19. The molecule has 1 atom stereocenters. The summed E-state index contributed by atoms with van der Waals surface area (Å²) in [6.45, 7) is 2.21. The van der Waals surface area contributed by atoms with Crippen LogP contribution in [0.15, 0.2) is 54.6 Å². The fourth-order valence-corrected chi connectivity index (χ4v) is 3.86. The maximum absolute atomic E-state index is 5.84. The normalized spacial score (nSPS) is 12.7. The molecular formula is C18H20N2S. The number of thiophene rings is 1. The van der Waals surface area contributed by atoms with Crippen LogP contribution in [-0.4, -0.2) is 0 Å². The van der Waals surface area contributed by atoms with Gasteiger partial charge in [-0.1, -0.05) is 55.8 Å². The molecule has 0 aliphatic heterocycles. The summed E-state index contributed by atoms with van der Waals surface area (Å²) >= 11 is 1.80. The van der Waals surface area contributed by atoms with Gasteiger partial charge in [0.1, 0.15) is 0 Å². The van der Waals surface area contributed by atoms with Gasteiger partial charge in [-0.15, -0.1) is 11.3 Å². The van der Waals surface area contributed by atoms with Crippen molar-refractivity contribution < 1.29 is 0 Å². The Morgan fingerprint density at radius 2 is 1.95 bits per heavy atom. The number of nitrogens with one attached hydrogen (secondary N) is 1. The lowest BCUT2D eigenvalue weighted by molar-refractivity contribution is 0.646. The Balaban J connectivity index is 1.99. The van der Waals surface area contributed by atoms with Gasteiger partial charge >= 0.3 is 0 Å². The van der Waals surface area contributed by atoms with Gasteiger partial charge < -0.3 is 0 Å². The van der Waals surface area contributed by atoms with Crippen molar-refractivity contribution in [3.05, 3.63) is 70.6 Å². The van der Waals surface area contributed by atoms with E-state index < -0.39 is 0 Å². The van der Waals surface area contributed by atoms with Crippen molar-refractivity contribution in [3.63, 3.8) is 0 Å². The fourth-order valence-electron chi connectivity index (χ4n) is 2.70. The first-order valence-electron chi connectivity index (χ1n) is 7.35. The molecule has 0 saturated heterocycles. The zero-order chi connectivity index (χ0) is 14.7. The maximum Gasteiger partial charge on any atom is 0.0803 e. The minimum absolute atomic E-state index is 0.0548. The lowest BCUT2D eigenvalue weighted by atomic mass is 10.0. The molecule has 0 aliphatic rings. The predicted octanol–water partition coefficient (Wildman–Crippen LogP) is 4.41. The highest BCUT2D eigenvalue weighted by Crippen LogP contribution is 2.33. The van der Waals surface area contributed by atoms with Gasteiger partial charge in [0.15, 0.2) is 0 Å². The smallest absolute Gasteiger partial charge is 0.0803 e. The summed E-state index contributed by atoms with van der Waals surface area (Å²) in [6, 6.07) is 19.5. The average Bonchev–Trinajstić information content (AvgIpc) is 2.92. The minimum atomic E-state index is 0.0548. The molecule has 3 heteroatoms. The lowest BCUT2D eigenvalue weighted by Crippen LogP contribution is -2.28. The van der Waals surface area contributed by atoms with Crippen LogP contribution in [0.2, 0.25) is 0 Å². The molecule has 0 radical (unpaired) electrons. The van der Waals surface area contributed by atoms with E-state index >= 15 is 0 Å². The quantitative estimate of drug-likeness (QED) is 0.541. The first-order valence-corrected chi connectivity index (χ1v) is 8.17. The average molecular weight is 296 g/mol. The Kier molecular flexibility index (Phi) is 4.34. The molecule has 3 rings (SSSR count). The van der Waals surface area contributed by atoms with Crippen LogP contribution < -0.4 is 11.3 Å². The molecule has 2 nitrogen and oxygen atoms in total. The molecule has 3 aromatic rings. The molecule has 0 spiro atoms. The van der Waals surface area contributed by atoms with Crippen molar-refractivity contribution in [2.45, 2.75) is 25.8 Å². The van der Waals surface area contributed by atoms with E-state index in [9.17, 15) is 0 Å². The lowest BCUT2D eigenvalue weighted by Gasteiger charge is -2.15. The van der Waals surface area contributed by atoms with Crippen molar-refractivity contribution in [1.82, 2.24) is 5.43 Å². The Morgan fingerprint density at radius 1 is 1.10 bits per heavy atom. The molecule has 108 valence electrons. The number of hydrogen-bond acceptors (Lipinski definition) is 3. The Morgan fingerprint density at radius 3 is 2.71 bits per heavy atom. The van der Waals surface area contributed by atoms with E-state index in [0.29, 0.717) is 0 Å². The summed E-state index contributed by atoms with van der Waals surface area (Å²) in [5.74, 6) is 5.84. The van der Waals surface area contributed by atoms with Crippen molar-refractivity contribution in [1.29, 1.82) is 0 Å². The molecule has 2 aromatic carbocycles. The number of benzene rings is 2. The van der Waals surface area contributed by atoms with Crippen LogP contribution in [-0.2, 0) is 6.42 Å². The topological polar surface area (TPSA) is 38.0 Å². The summed E-state index contributed by atoms with van der Waals surface area (Å²) in [5, 5.41) is 1.28. The molecule has 3 N–H and O–H groups in total. The standard InChI is InChI=1S/C18H20N2S/c1-2-6-13-7-5-9-15(11-13)18(20-19)17-12-14-8-3-4-10-16(14)21-17/h3-5,7-12,18,20H,2,6,19H2,1H3. The van der Waals surface area contributed by atoms with Crippen LogP contribution >= 0.6 is 11.3 Å². The molecule has 0 saturated carbocycles. The SMILES string of the molecule is CCCc1cccc(C(NN)c2cc3ccccc3s2)c1. The van der Waals surface area contributed by atoms with Crippen LogP contribution in [0.4, 0.5) is 0 Å². The van der Waals surface area contributed by atoms with Gasteiger partial charge in [0.25, 0.3) is 0 Å². The summed E-state index contributed by atoms with van der Waals surface area (Å²) in [5.41, 5.74) is 5.58. The third-order valence-corrected chi connectivity index (χ3v) is 4.90. The van der Waals surface area contributed by atoms with Crippen molar-refractivity contribution in [2.75, 3.05) is 0 Å². The number of hydrogen-bond donors (Lipinski definition) is 2. The second-order valence-corrected chi connectivity index (χ2v) is 6.40. The van der Waals surface area contributed by atoms with Crippen molar-refractivity contribution in [2.24, 2.45) is 5.84 Å². The summed E-state index contributed by atoms with van der Waals surface area (Å²) in [6.07, 6.45) is 2.27. The van der Waals surface area contributed by atoms with Crippen LogP contribution in [0.3, 0.4) is 0 Å². The van der Waals surface area contributed by atoms with Gasteiger partial charge in [-0.2, -0.15) is 0 Å². The van der Waals surface area contributed by atoms with Gasteiger partial charge in [-0.3, -0.25) is 5.84 Å². The number of fused-ring (bicyclic) bond motifs is 1. The highest BCUT2D eigenvalue weighted by Gasteiger charge is 2.15. The van der Waals surface area contributed by atoms with Gasteiger partial charge in [-0.05, 0) is 35.1 Å². The molecule has 0 fully saturated rings. The maximum atomic E-state index is 5.84. The zero-order valence-electron chi connectivity index (χ0n) is 12.2. The molecule has 21 heavy (non-hydrogen) atoms. The number of nitrogens with two attached hydrogens (primary N) is 1. The largest absolute Gasteiger partial charge is 0.271 e. The first-order chi connectivity index (χ1) is 10.3. The highest BCUT2D eigenvalue weighted by atomic mass is 32.1. The molecular weight excluding hydrogens is 276 g/mol. The predicted molar refractivity (Wildman–Crippen MR) is 91.4 cm³/mol. The third kappa shape index (κ3) is 3.00. The van der Waals surface area contributed by atoms with E-state index in [1.54, 1.807) is 11.3 Å². The van der Waals surface area contributed by atoms with E-state index in [0.717, 1.165) is 12.8 Å². The van der Waals surface area contributed by atoms with Crippen molar-refractivity contribution in [3.8, 4) is 0 Å². The summed E-state index contributed by atoms with van der Waals surface area (Å²) in [7, 11) is 0. The molecule has 0 bridgehead atoms. The Bertz CT molecular complexity index is 700. The number of aryl methyl sites for hydroxylation is 1. The molecule has 1 unspecified atom stereocenters. The molecule has 0 aliphatic carbocycles. The van der Waals surface area contributed by atoms with E-state index in [-0.39, 0.29) is 6.04 Å². The fraction of sp³-hybridized carbons (Fsp3) is 0.222. The van der Waals surface area contributed by atoms with E-state index in [4.69, 9.17) is 5.84 Å². The second kappa shape index (κ2) is 6.39. The molecule has 0 amide bonds. The van der Waals surface area contributed by atoms with Gasteiger partial charge in [0, 0.05) is 9.58 Å². The van der Waals surface area contributed by atoms with Crippen LogP contribution in [0.5, 0.6) is 0 Å². The van der Waals surface area contributed by atoms with Crippen molar-refractivity contribution >= 4 is 21.4 Å². The van der Waals surface area contributed by atoms with Crippen LogP contribution in [0.1, 0.15) is 35.4 Å². The zero-order valence-corrected chi connectivity index (χ0v) is 13.0. The number of hydrazine groups is 1. The van der Waals surface area contributed by atoms with Crippen LogP contribution in [0.25, 0.3) is 10.1 Å². The monoisotopic (exact) mass is 296 g/mol. The first kappa shape index (κ1) is 14.3. The van der Waals surface area contributed by atoms with E-state index in [1.807, 2.05) is 0 Å². The minimum Gasteiger partial charge on any atom is -0.271 e. The summed E-state index contributed by atoms with van der Waals surface area (Å²) in [4.78, 5) is 1.26. The number of rotatable bonds is 5. The molecule has 1 aromatic heterocycles. The van der Waals surface area contributed by atoms with Gasteiger partial charge in [0.2, 0.25) is 0 Å². The van der Waals surface area contributed by atoms with Crippen LogP contribution in [0, 0.1) is 0 Å². The Labute approximate surface area is 129 Å². The summed E-state index contributed by atoms with van der Waals surface area (Å²) < 4.78 is 1.30. The van der Waals surface area contributed by atoms with E-state index in [1.165, 1.54) is 26.1 Å². The van der Waals surface area contributed by atoms with Gasteiger partial charge in [-0.25, -0.2) is 5.43 Å².